The first-order valence-electron chi connectivity index (χ1n) is 8.36. The average molecular weight is 467 g/mol. The molecular weight excluding hydrogens is 448 g/mol. The molecule has 1 amide bonds. The van der Waals surface area contributed by atoms with E-state index in [-0.39, 0.29) is 17.9 Å². The number of nitrogens with one attached hydrogen (secondary N) is 1. The maximum Gasteiger partial charge on any atom is 0.329 e. The summed E-state index contributed by atoms with van der Waals surface area (Å²) >= 11 is 4.93. The van der Waals surface area contributed by atoms with Crippen LogP contribution in [0.2, 0.25) is 0 Å². The molecule has 1 atom stereocenters. The lowest BCUT2D eigenvalue weighted by atomic mass is 10.1. The van der Waals surface area contributed by atoms with Crippen LogP contribution >= 0.6 is 27.7 Å². The zero-order valence-corrected chi connectivity index (χ0v) is 17.5. The Morgan fingerprint density at radius 3 is 2.68 bits per heavy atom. The third-order valence-electron chi connectivity index (χ3n) is 3.85. The average Bonchev–Trinajstić information content (AvgIpc) is 2.70. The number of carbonyl (C=O) groups is 2. The van der Waals surface area contributed by atoms with Gasteiger partial charge in [-0.15, -0.1) is 0 Å². The van der Waals surface area contributed by atoms with Gasteiger partial charge in [0.05, 0.1) is 4.92 Å². The van der Waals surface area contributed by atoms with E-state index in [1.807, 2.05) is 30.5 Å². The summed E-state index contributed by atoms with van der Waals surface area (Å²) in [5.41, 5.74) is 0.733. The van der Waals surface area contributed by atoms with Gasteiger partial charge in [-0.1, -0.05) is 40.2 Å². The number of benzene rings is 2. The normalized spacial score (nSPS) is 11.5. The van der Waals surface area contributed by atoms with Crippen molar-refractivity contribution in [3.63, 3.8) is 0 Å². The zero-order chi connectivity index (χ0) is 20.5. The van der Waals surface area contributed by atoms with Crippen LogP contribution in [0.4, 0.5) is 5.69 Å². The highest BCUT2D eigenvalue weighted by Gasteiger charge is 2.23. The first-order chi connectivity index (χ1) is 13.4. The third-order valence-corrected chi connectivity index (χ3v) is 5.26. The van der Waals surface area contributed by atoms with Gasteiger partial charge in [-0.3, -0.25) is 14.9 Å². The lowest BCUT2D eigenvalue weighted by Crippen LogP contribution is -2.42. The maximum absolute atomic E-state index is 12.5. The van der Waals surface area contributed by atoms with Crippen molar-refractivity contribution >= 4 is 45.3 Å². The molecule has 28 heavy (non-hydrogen) atoms. The highest BCUT2D eigenvalue weighted by Crippen LogP contribution is 2.17. The fraction of sp³-hybridized carbons (Fsp3) is 0.263. The van der Waals surface area contributed by atoms with Crippen LogP contribution in [0.1, 0.15) is 22.3 Å². The Bertz CT molecular complexity index is 862. The number of hydrogen-bond acceptors (Lipinski definition) is 6. The summed E-state index contributed by atoms with van der Waals surface area (Å²) in [7, 11) is 0. The molecular formula is C19H19BrN2O5S. The van der Waals surface area contributed by atoms with Crippen molar-refractivity contribution in [2.24, 2.45) is 0 Å². The predicted molar refractivity (Wildman–Crippen MR) is 111 cm³/mol. The van der Waals surface area contributed by atoms with E-state index < -0.39 is 22.8 Å². The first-order valence-corrected chi connectivity index (χ1v) is 10.6. The predicted octanol–water partition coefficient (Wildman–Crippen LogP) is 3.95. The van der Waals surface area contributed by atoms with E-state index >= 15 is 0 Å². The molecule has 1 N–H and O–H groups in total. The molecule has 0 fully saturated rings. The Hall–Kier alpha value is -2.39. The largest absolute Gasteiger partial charge is 0.459 e. The number of halogens is 1. The van der Waals surface area contributed by atoms with Crippen LogP contribution < -0.4 is 5.32 Å². The molecule has 0 saturated heterocycles. The van der Waals surface area contributed by atoms with E-state index in [0.29, 0.717) is 12.2 Å². The minimum Gasteiger partial charge on any atom is -0.459 e. The summed E-state index contributed by atoms with van der Waals surface area (Å²) in [6.45, 7) is 0.0721. The molecule has 9 heteroatoms. The lowest BCUT2D eigenvalue weighted by molar-refractivity contribution is -0.384. The first kappa shape index (κ1) is 21.9. The lowest BCUT2D eigenvalue weighted by Gasteiger charge is -2.17. The van der Waals surface area contributed by atoms with Crippen LogP contribution in [0, 0.1) is 10.1 Å². The molecule has 0 radical (unpaired) electrons. The molecule has 0 bridgehead atoms. The minimum absolute atomic E-state index is 0.0721. The summed E-state index contributed by atoms with van der Waals surface area (Å²) in [5.74, 6) is -0.472. The van der Waals surface area contributed by atoms with Gasteiger partial charge in [0.15, 0.2) is 0 Å². The highest BCUT2D eigenvalue weighted by atomic mass is 79.9. The minimum atomic E-state index is -0.846. The number of carbonyl (C=O) groups excluding carboxylic acids is 2. The second-order valence-corrected chi connectivity index (χ2v) is 7.65. The molecule has 2 aromatic carbocycles. The van der Waals surface area contributed by atoms with E-state index in [1.54, 1.807) is 0 Å². The molecule has 0 spiro atoms. The summed E-state index contributed by atoms with van der Waals surface area (Å²) in [4.78, 5) is 35.3. The van der Waals surface area contributed by atoms with E-state index in [9.17, 15) is 19.7 Å². The maximum atomic E-state index is 12.5. The second-order valence-electron chi connectivity index (χ2n) is 5.81. The van der Waals surface area contributed by atoms with Gasteiger partial charge in [0.1, 0.15) is 12.6 Å². The van der Waals surface area contributed by atoms with Crippen LogP contribution in [0.15, 0.2) is 53.0 Å². The Morgan fingerprint density at radius 2 is 2.00 bits per heavy atom. The van der Waals surface area contributed by atoms with Crippen LogP contribution in [0.25, 0.3) is 0 Å². The molecule has 2 rings (SSSR count). The van der Waals surface area contributed by atoms with Crippen molar-refractivity contribution in [2.45, 2.75) is 19.1 Å². The monoisotopic (exact) mass is 466 g/mol. The topological polar surface area (TPSA) is 98.5 Å². The van der Waals surface area contributed by atoms with Crippen molar-refractivity contribution in [1.82, 2.24) is 5.32 Å². The summed E-state index contributed by atoms with van der Waals surface area (Å²) in [6, 6.07) is 11.9. The zero-order valence-electron chi connectivity index (χ0n) is 15.1. The van der Waals surface area contributed by atoms with Crippen molar-refractivity contribution in [1.29, 1.82) is 0 Å². The molecule has 2 aromatic rings. The second kappa shape index (κ2) is 10.8. The number of thioether (sulfide) groups is 1. The molecule has 0 heterocycles. The number of nitrogens with zero attached hydrogens (tertiary/aromatic N) is 1. The summed E-state index contributed by atoms with van der Waals surface area (Å²) < 4.78 is 6.19. The SMILES string of the molecule is CSCCC(NC(=O)c1cccc([N+](=O)[O-])c1)C(=O)OCc1ccccc1Br. The Morgan fingerprint density at radius 1 is 1.25 bits per heavy atom. The number of ether oxygens (including phenoxy) is 1. The molecule has 1 unspecified atom stereocenters. The molecule has 0 aliphatic rings. The Balaban J connectivity index is 2.06. The molecule has 0 aromatic heterocycles. The Kier molecular flexibility index (Phi) is 8.46. The number of rotatable bonds is 9. The molecule has 0 aliphatic carbocycles. The van der Waals surface area contributed by atoms with Crippen molar-refractivity contribution in [3.8, 4) is 0 Å². The number of amides is 1. The van der Waals surface area contributed by atoms with Crippen molar-refractivity contribution in [2.75, 3.05) is 12.0 Å². The summed E-state index contributed by atoms with van der Waals surface area (Å²) in [5, 5.41) is 13.5. The number of esters is 1. The molecule has 148 valence electrons. The molecule has 0 aliphatic heterocycles. The fourth-order valence-corrected chi connectivity index (χ4v) is 3.22. The van der Waals surface area contributed by atoms with Gasteiger partial charge in [0.2, 0.25) is 0 Å². The van der Waals surface area contributed by atoms with E-state index in [1.165, 1.54) is 36.0 Å². The van der Waals surface area contributed by atoms with E-state index in [2.05, 4.69) is 21.2 Å². The Labute approximate surface area is 175 Å². The third kappa shape index (κ3) is 6.35. The number of nitro benzene ring substituents is 1. The number of non-ortho nitro benzene ring substituents is 1. The van der Waals surface area contributed by atoms with E-state index in [4.69, 9.17) is 4.74 Å². The van der Waals surface area contributed by atoms with Gasteiger partial charge < -0.3 is 10.1 Å². The van der Waals surface area contributed by atoms with Gasteiger partial charge in [0, 0.05) is 27.7 Å². The fourth-order valence-electron chi connectivity index (χ4n) is 2.35. The van der Waals surface area contributed by atoms with Gasteiger partial charge >= 0.3 is 5.97 Å². The molecule has 7 nitrogen and oxygen atoms in total. The number of hydrogen-bond donors (Lipinski definition) is 1. The van der Waals surface area contributed by atoms with Crippen molar-refractivity contribution in [3.05, 3.63) is 74.2 Å². The van der Waals surface area contributed by atoms with Crippen LogP contribution in [-0.4, -0.2) is 34.9 Å². The van der Waals surface area contributed by atoms with Crippen LogP contribution in [0.3, 0.4) is 0 Å². The molecule has 0 saturated carbocycles. The quantitative estimate of drug-likeness (QED) is 0.341. The number of nitro groups is 1. The van der Waals surface area contributed by atoms with Gasteiger partial charge in [-0.25, -0.2) is 4.79 Å². The van der Waals surface area contributed by atoms with Gasteiger partial charge in [-0.05, 0) is 30.6 Å². The van der Waals surface area contributed by atoms with Crippen LogP contribution in [-0.2, 0) is 16.1 Å². The van der Waals surface area contributed by atoms with Gasteiger partial charge in [0.25, 0.3) is 11.6 Å². The van der Waals surface area contributed by atoms with Gasteiger partial charge in [-0.2, -0.15) is 11.8 Å². The van der Waals surface area contributed by atoms with E-state index in [0.717, 1.165) is 10.0 Å². The highest BCUT2D eigenvalue weighted by molar-refractivity contribution is 9.10. The van der Waals surface area contributed by atoms with Crippen molar-refractivity contribution < 1.29 is 19.2 Å². The summed E-state index contributed by atoms with van der Waals surface area (Å²) in [6.07, 6.45) is 2.28. The van der Waals surface area contributed by atoms with Crippen LogP contribution in [0.5, 0.6) is 0 Å². The smallest absolute Gasteiger partial charge is 0.329 e. The standard InChI is InChI=1S/C19H19BrN2O5S/c1-28-10-9-17(19(24)27-12-14-5-2-3-8-16(14)20)21-18(23)13-6-4-7-15(11-13)22(25)26/h2-8,11,17H,9-10,12H2,1H3,(H,21,23).